The normalized spacial score (nSPS) is 11.2. The zero-order valence-electron chi connectivity index (χ0n) is 76.0. The molecule has 0 aliphatic carbocycles. The van der Waals surface area contributed by atoms with Crippen LogP contribution in [0, 0.1) is 5.41 Å². The van der Waals surface area contributed by atoms with Crippen LogP contribution in [0.15, 0.2) is 265 Å². The molecule has 8 amide bonds. The number of anilines is 6. The van der Waals surface area contributed by atoms with Crippen LogP contribution in [0.4, 0.5) is 34.5 Å². The molecule has 3 heterocycles. The molecule has 33 nitrogen and oxygen atoms in total. The van der Waals surface area contributed by atoms with Crippen molar-refractivity contribution in [3.8, 4) is 67.2 Å². The van der Waals surface area contributed by atoms with Crippen LogP contribution in [0.3, 0.4) is 0 Å². The molecule has 33 heteroatoms. The fourth-order valence-electron chi connectivity index (χ4n) is 15.4. The Morgan fingerprint density at radius 3 is 0.978 bits per heavy atom. The number of carboxylic acids is 3. The maximum absolute atomic E-state index is 14.4. The minimum absolute atomic E-state index is 0.00297. The van der Waals surface area contributed by atoms with E-state index in [1.165, 1.54) is 44.2 Å². The first-order valence-electron chi connectivity index (χ1n) is 43.6. The second-order valence-corrected chi connectivity index (χ2v) is 32.2. The number of nitrogens with one attached hydrogen (secondary N) is 9. The highest BCUT2D eigenvalue weighted by Crippen LogP contribution is 2.48. The number of aromatic carboxylic acids is 2. The van der Waals surface area contributed by atoms with Crippen LogP contribution in [0.1, 0.15) is 176 Å². The topological polar surface area (TPSA) is 538 Å². The summed E-state index contributed by atoms with van der Waals surface area (Å²) in [5.74, 6) is -6.71. The Labute approximate surface area is 780 Å². The van der Waals surface area contributed by atoms with E-state index in [4.69, 9.17) is 34.1 Å². The number of rotatable bonds is 37. The first kappa shape index (κ1) is 100. The number of aliphatic imine (C=N–C) groups is 2. The maximum Gasteiger partial charge on any atom is 0.335 e. The van der Waals surface area contributed by atoms with E-state index >= 15 is 0 Å². The second kappa shape index (κ2) is 47.5. The minimum Gasteiger partial charge on any atom is -0.481 e. The van der Waals surface area contributed by atoms with Gasteiger partial charge in [0.2, 0.25) is 29.5 Å². The van der Waals surface area contributed by atoms with Crippen molar-refractivity contribution in [2.45, 2.75) is 131 Å². The van der Waals surface area contributed by atoms with E-state index < -0.39 is 71.3 Å². The van der Waals surface area contributed by atoms with E-state index in [1.54, 1.807) is 42.5 Å². The van der Waals surface area contributed by atoms with Crippen molar-refractivity contribution < 1.29 is 68.1 Å². The molecule has 2 unspecified atom stereocenters. The van der Waals surface area contributed by atoms with E-state index in [0.717, 1.165) is 39.1 Å². The van der Waals surface area contributed by atoms with E-state index in [9.17, 15) is 68.1 Å². The molecule has 698 valence electrons. The molecular weight excluding hydrogens is 1720 g/mol. The number of unbranched alkanes of at least 4 members (excludes halogenated alkanes) is 1. The van der Waals surface area contributed by atoms with E-state index in [0.29, 0.717) is 76.6 Å². The molecule has 12 aromatic rings. The second-order valence-electron chi connectivity index (χ2n) is 32.2. The summed E-state index contributed by atoms with van der Waals surface area (Å²) in [6, 6.07) is 72.6. The summed E-state index contributed by atoms with van der Waals surface area (Å²) in [6.07, 6.45) is 1.50. The molecule has 0 saturated heterocycles. The van der Waals surface area contributed by atoms with Gasteiger partial charge in [0, 0.05) is 97.2 Å². The van der Waals surface area contributed by atoms with Crippen molar-refractivity contribution >= 4 is 117 Å². The summed E-state index contributed by atoms with van der Waals surface area (Å²) in [5.41, 5.74) is 38.1. The van der Waals surface area contributed by atoms with Crippen molar-refractivity contribution in [3.63, 3.8) is 0 Å². The average Bonchev–Trinajstić information content (AvgIpc) is 1.60. The van der Waals surface area contributed by atoms with Gasteiger partial charge in [-0.15, -0.1) is 0 Å². The summed E-state index contributed by atoms with van der Waals surface area (Å²) < 4.78 is 5.73. The number of nitrogens with two attached hydrogens (primary N) is 5. The summed E-state index contributed by atoms with van der Waals surface area (Å²) in [5, 5.41) is 58.7. The van der Waals surface area contributed by atoms with Gasteiger partial charge in [0.1, 0.15) is 35.4 Å². The molecule has 0 saturated carbocycles. The lowest BCUT2D eigenvalue weighted by Crippen LogP contribution is -2.43. The van der Waals surface area contributed by atoms with Gasteiger partial charge >= 0.3 is 17.9 Å². The summed E-state index contributed by atoms with van der Waals surface area (Å²) in [4.78, 5) is 151. The number of carbonyl (C=O) groups is 11. The van der Waals surface area contributed by atoms with Crippen LogP contribution in [0.2, 0.25) is 0 Å². The van der Waals surface area contributed by atoms with Gasteiger partial charge in [-0.1, -0.05) is 194 Å². The third kappa shape index (κ3) is 26.6. The fourth-order valence-corrected chi connectivity index (χ4v) is 15.4. The standard InChI is InChI=1S/C35H39N7O5.C34H36N6O5.C33H36N6O4/c1-21(2)42-30(24-14-8-5-9-15-24)28(23-12-6-4-7-13-23)29(33(45)40-26-17-10-16-25(20-26)34(46)47)31(42)41-32(44)27(39-22(3)43)18-11-19-38-35(36)37;1-20(2)40-30(23-12-8-5-9-13-23)28(22-10-6-4-7-11-22)29(34(45)38-25-16-14-24(15-17-25)31(35)36)32(40)39-33(44)26(37-21(3)41)18-19-27(42)43;1-21(2)39-29(23-14-7-4-8-15-23)27(22-12-5-3-6-13-22)28(30(39)38-26(40)18-9-10-19-36-33(34)35)31(41)37-25-17-11-16-24(20-25)32(42)43/h4-10,12-17,20-21,27H,11,18-19H2,1-3H3,(H,39,43)(H,40,45)(H,41,44)(H,46,47)(H4,36,37,38);4-17,20,26H,18-19H2,1-3H3,(H3,35,36)(H,37,41)(H,38,45)(H,39,44)(H,42,43);3-8,11-17,20-21H,9-10,18-19H2,1-2H3,(H,37,41)(H,38,40)(H,42,43)(H4,34,35,36). The van der Waals surface area contributed by atoms with Crippen molar-refractivity contribution in [3.05, 3.63) is 288 Å². The number of amides is 8. The Balaban J connectivity index is 0.000000210. The number of nitrogens with zero attached hydrogens (tertiary/aromatic N) is 5. The molecule has 0 spiro atoms. The highest BCUT2D eigenvalue weighted by molar-refractivity contribution is 6.20. The lowest BCUT2D eigenvalue weighted by atomic mass is 9.96. The number of hydrogen-bond acceptors (Lipinski definition) is 14. The largest absolute Gasteiger partial charge is 0.481 e. The van der Waals surface area contributed by atoms with E-state index in [-0.39, 0.29) is 119 Å². The third-order valence-corrected chi connectivity index (χ3v) is 21.2. The van der Waals surface area contributed by atoms with Crippen molar-refractivity contribution in [1.29, 1.82) is 5.41 Å². The Bertz CT molecular complexity index is 6330. The zero-order valence-corrected chi connectivity index (χ0v) is 76.0. The molecular formula is C102H111N19O14. The molecule has 3 aromatic heterocycles. The first-order chi connectivity index (χ1) is 64.6. The molecule has 0 fully saturated rings. The molecule has 2 atom stereocenters. The molecule has 0 aliphatic rings. The Kier molecular flexibility index (Phi) is 35.3. The molecule has 0 aliphatic heterocycles. The lowest BCUT2D eigenvalue weighted by molar-refractivity contribution is -0.137. The zero-order chi connectivity index (χ0) is 97.7. The highest BCUT2D eigenvalue weighted by Gasteiger charge is 2.37. The van der Waals surface area contributed by atoms with Gasteiger partial charge in [-0.2, -0.15) is 0 Å². The number of carbonyl (C=O) groups excluding carboxylic acids is 8. The van der Waals surface area contributed by atoms with E-state index in [1.807, 2.05) is 237 Å². The van der Waals surface area contributed by atoms with Gasteiger partial charge in [0.05, 0.1) is 44.9 Å². The number of guanidine groups is 2. The number of aliphatic carboxylic acids is 1. The van der Waals surface area contributed by atoms with Crippen LogP contribution in [-0.4, -0.2) is 137 Å². The van der Waals surface area contributed by atoms with E-state index in [2.05, 4.69) is 52.5 Å². The summed E-state index contributed by atoms with van der Waals surface area (Å²) in [6.45, 7) is 14.9. The first-order valence-corrected chi connectivity index (χ1v) is 43.6. The van der Waals surface area contributed by atoms with Gasteiger partial charge < -0.3 is 100 Å². The molecule has 22 N–H and O–H groups in total. The Morgan fingerprint density at radius 1 is 0.348 bits per heavy atom. The SMILES string of the molecule is CC(=O)NC(CCC(=O)O)C(=O)Nc1c(C(=O)Nc2ccc(C(=N)N)cc2)c(-c2ccccc2)c(-c2ccccc2)n1C(C)C.CC(=O)NC(CCCN=C(N)N)C(=O)Nc1c(C(=O)Nc2cccc(C(=O)O)c2)c(-c2ccccc2)c(-c2ccccc2)n1C(C)C.CC(C)n1c(NC(=O)CCCCN=C(N)N)c(C(=O)Nc2cccc(C(=O)O)c2)c(-c2ccccc2)c1-c1ccccc1. The van der Waals surface area contributed by atoms with Gasteiger partial charge in [-0.3, -0.25) is 58.5 Å². The molecule has 9 aromatic carbocycles. The van der Waals surface area contributed by atoms with Crippen LogP contribution in [0.5, 0.6) is 0 Å². The van der Waals surface area contributed by atoms with Crippen LogP contribution in [0.25, 0.3) is 67.2 Å². The van der Waals surface area contributed by atoms with Crippen molar-refractivity contribution in [1.82, 2.24) is 24.3 Å². The quantitative estimate of drug-likeness (QED) is 0.00977. The smallest absolute Gasteiger partial charge is 0.335 e. The van der Waals surface area contributed by atoms with Gasteiger partial charge in [0.25, 0.3) is 17.7 Å². The average molecular weight is 1830 g/mol. The summed E-state index contributed by atoms with van der Waals surface area (Å²) >= 11 is 0. The lowest BCUT2D eigenvalue weighted by Gasteiger charge is -2.22. The number of benzene rings is 9. The molecule has 0 bridgehead atoms. The summed E-state index contributed by atoms with van der Waals surface area (Å²) in [7, 11) is 0. The number of amidine groups is 1. The predicted octanol–water partition coefficient (Wildman–Crippen LogP) is 15.8. The monoisotopic (exact) mass is 1830 g/mol. The third-order valence-electron chi connectivity index (χ3n) is 21.2. The molecule has 135 heavy (non-hydrogen) atoms. The number of carboxylic acid groups (broad SMARTS) is 3. The van der Waals surface area contributed by atoms with Crippen LogP contribution >= 0.6 is 0 Å². The maximum atomic E-state index is 14.4. The highest BCUT2D eigenvalue weighted by atomic mass is 16.4. The van der Waals surface area contributed by atoms with Gasteiger partial charge in [-0.25, -0.2) is 9.59 Å². The van der Waals surface area contributed by atoms with Gasteiger partial charge in [0.15, 0.2) is 11.9 Å². The Morgan fingerprint density at radius 2 is 0.667 bits per heavy atom. The predicted molar refractivity (Wildman–Crippen MR) is 528 cm³/mol. The number of nitrogen functional groups attached to an aromatic ring is 1. The Hall–Kier alpha value is -17.0. The van der Waals surface area contributed by atoms with Crippen LogP contribution < -0.4 is 71.2 Å². The van der Waals surface area contributed by atoms with Gasteiger partial charge in [-0.05, 0) is 168 Å². The molecule has 0 radical (unpaired) electrons. The van der Waals surface area contributed by atoms with Crippen LogP contribution in [-0.2, 0) is 28.8 Å². The van der Waals surface area contributed by atoms with Crippen molar-refractivity contribution in [2.75, 3.05) is 45.0 Å². The number of aromatic nitrogens is 3. The number of hydrogen-bond donors (Lipinski definition) is 17. The minimum atomic E-state index is -1.16. The fraction of sp³-hybridized carbons (Fsp3) is 0.216. The van der Waals surface area contributed by atoms with Crippen molar-refractivity contribution in [2.24, 2.45) is 38.7 Å². The molecule has 12 rings (SSSR count).